The molecule has 18 heavy (non-hydrogen) atoms. The van der Waals surface area contributed by atoms with Gasteiger partial charge in [0.2, 0.25) is 5.91 Å². The van der Waals surface area contributed by atoms with Crippen LogP contribution in [0.1, 0.15) is 59.3 Å². The summed E-state index contributed by atoms with van der Waals surface area (Å²) in [6.07, 6.45) is 6.93. The summed E-state index contributed by atoms with van der Waals surface area (Å²) in [5, 5.41) is 3.43. The molecule has 2 aliphatic rings. The highest BCUT2D eigenvalue weighted by Gasteiger charge is 2.37. The van der Waals surface area contributed by atoms with Gasteiger partial charge in [0.1, 0.15) is 0 Å². The van der Waals surface area contributed by atoms with E-state index in [1.54, 1.807) is 0 Å². The molecule has 0 saturated carbocycles. The summed E-state index contributed by atoms with van der Waals surface area (Å²) in [4.78, 5) is 14.9. The molecule has 2 aliphatic heterocycles. The molecule has 0 radical (unpaired) electrons. The normalized spacial score (nSPS) is 36.9. The molecular formula is C15H28N2O. The zero-order chi connectivity index (χ0) is 13.1. The fourth-order valence-electron chi connectivity index (χ4n) is 3.60. The molecule has 0 aromatic carbocycles. The minimum atomic E-state index is 0.0818. The Morgan fingerprint density at radius 1 is 1.22 bits per heavy atom. The van der Waals surface area contributed by atoms with E-state index in [0.29, 0.717) is 18.0 Å². The van der Waals surface area contributed by atoms with Gasteiger partial charge in [-0.3, -0.25) is 4.79 Å². The highest BCUT2D eigenvalue weighted by molar-refractivity contribution is 5.83. The Morgan fingerprint density at radius 2 is 2.00 bits per heavy atom. The summed E-state index contributed by atoms with van der Waals surface area (Å²) >= 11 is 0. The second-order valence-electron chi connectivity index (χ2n) is 6.04. The number of rotatable bonds is 3. The molecule has 0 aromatic heterocycles. The Balaban J connectivity index is 2.01. The smallest absolute Gasteiger partial charge is 0.240 e. The molecule has 0 aliphatic carbocycles. The highest BCUT2D eigenvalue weighted by Crippen LogP contribution is 2.29. The van der Waals surface area contributed by atoms with Crippen molar-refractivity contribution >= 4 is 5.91 Å². The van der Waals surface area contributed by atoms with Crippen LogP contribution in [0.15, 0.2) is 0 Å². The molecule has 3 nitrogen and oxygen atoms in total. The van der Waals surface area contributed by atoms with E-state index in [4.69, 9.17) is 0 Å². The number of piperidine rings is 1. The molecule has 0 spiro atoms. The lowest BCUT2D eigenvalue weighted by molar-refractivity contribution is -0.137. The second kappa shape index (κ2) is 6.05. The summed E-state index contributed by atoms with van der Waals surface area (Å²) < 4.78 is 0. The van der Waals surface area contributed by atoms with E-state index < -0.39 is 0 Å². The zero-order valence-corrected chi connectivity index (χ0v) is 12.1. The van der Waals surface area contributed by atoms with Crippen molar-refractivity contribution in [2.45, 2.75) is 77.4 Å². The Kier molecular flexibility index (Phi) is 4.66. The van der Waals surface area contributed by atoms with E-state index in [2.05, 4.69) is 31.0 Å². The third-order valence-corrected chi connectivity index (χ3v) is 4.90. The topological polar surface area (TPSA) is 32.3 Å². The van der Waals surface area contributed by atoms with Gasteiger partial charge in [-0.05, 0) is 51.5 Å². The van der Waals surface area contributed by atoms with Gasteiger partial charge < -0.3 is 10.2 Å². The number of likely N-dealkylation sites (tertiary alicyclic amines) is 1. The first-order valence-electron chi connectivity index (χ1n) is 7.72. The molecular weight excluding hydrogens is 224 g/mol. The summed E-state index contributed by atoms with van der Waals surface area (Å²) in [5.41, 5.74) is 0. The van der Waals surface area contributed by atoms with Crippen LogP contribution < -0.4 is 5.32 Å². The van der Waals surface area contributed by atoms with Gasteiger partial charge in [-0.2, -0.15) is 0 Å². The average Bonchev–Trinajstić information content (AvgIpc) is 2.79. The summed E-state index contributed by atoms with van der Waals surface area (Å²) in [6, 6.07) is 1.00. The van der Waals surface area contributed by atoms with Crippen LogP contribution in [0, 0.1) is 5.92 Å². The first-order valence-corrected chi connectivity index (χ1v) is 7.72. The SMILES string of the molecule is CCC1CCNC(C(=O)N2C(C)CCC2CC)C1. The van der Waals surface area contributed by atoms with Crippen molar-refractivity contribution in [3.63, 3.8) is 0 Å². The van der Waals surface area contributed by atoms with Crippen molar-refractivity contribution < 1.29 is 4.79 Å². The number of hydrogen-bond acceptors (Lipinski definition) is 2. The predicted octanol–water partition coefficient (Wildman–Crippen LogP) is 2.55. The van der Waals surface area contributed by atoms with Gasteiger partial charge in [0, 0.05) is 12.1 Å². The van der Waals surface area contributed by atoms with Crippen LogP contribution in [0.3, 0.4) is 0 Å². The van der Waals surface area contributed by atoms with Crippen LogP contribution in [0.5, 0.6) is 0 Å². The molecule has 104 valence electrons. The van der Waals surface area contributed by atoms with E-state index in [1.807, 2.05) is 0 Å². The molecule has 2 rings (SSSR count). The maximum atomic E-state index is 12.7. The number of carbonyl (C=O) groups is 1. The molecule has 0 bridgehead atoms. The maximum absolute atomic E-state index is 12.7. The van der Waals surface area contributed by atoms with Crippen molar-refractivity contribution in [1.29, 1.82) is 0 Å². The van der Waals surface area contributed by atoms with Crippen molar-refractivity contribution in [2.75, 3.05) is 6.54 Å². The largest absolute Gasteiger partial charge is 0.336 e. The van der Waals surface area contributed by atoms with Crippen LogP contribution in [-0.4, -0.2) is 35.5 Å². The Labute approximate surface area is 111 Å². The molecule has 3 heteroatoms. The quantitative estimate of drug-likeness (QED) is 0.837. The summed E-state index contributed by atoms with van der Waals surface area (Å²) in [6.45, 7) is 7.65. The van der Waals surface area contributed by atoms with Crippen molar-refractivity contribution in [3.05, 3.63) is 0 Å². The molecule has 2 saturated heterocycles. The predicted molar refractivity (Wildman–Crippen MR) is 74.4 cm³/mol. The molecule has 1 N–H and O–H groups in total. The zero-order valence-electron chi connectivity index (χ0n) is 12.1. The van der Waals surface area contributed by atoms with E-state index >= 15 is 0 Å². The van der Waals surface area contributed by atoms with Gasteiger partial charge in [-0.15, -0.1) is 0 Å². The molecule has 2 heterocycles. The van der Waals surface area contributed by atoms with Gasteiger partial charge in [0.15, 0.2) is 0 Å². The second-order valence-corrected chi connectivity index (χ2v) is 6.04. The van der Waals surface area contributed by atoms with Crippen LogP contribution in [0.4, 0.5) is 0 Å². The van der Waals surface area contributed by atoms with Crippen LogP contribution in [-0.2, 0) is 4.79 Å². The number of hydrogen-bond donors (Lipinski definition) is 1. The van der Waals surface area contributed by atoms with E-state index in [9.17, 15) is 4.79 Å². The lowest BCUT2D eigenvalue weighted by Gasteiger charge is -2.35. The molecule has 4 atom stereocenters. The molecule has 1 amide bonds. The minimum Gasteiger partial charge on any atom is -0.336 e. The van der Waals surface area contributed by atoms with Gasteiger partial charge in [0.25, 0.3) is 0 Å². The van der Waals surface area contributed by atoms with E-state index in [-0.39, 0.29) is 6.04 Å². The number of nitrogens with zero attached hydrogens (tertiary/aromatic N) is 1. The van der Waals surface area contributed by atoms with Crippen molar-refractivity contribution in [3.8, 4) is 0 Å². The Hall–Kier alpha value is -0.570. The first-order chi connectivity index (χ1) is 8.67. The maximum Gasteiger partial charge on any atom is 0.240 e. The third-order valence-electron chi connectivity index (χ3n) is 4.90. The first kappa shape index (κ1) is 13.9. The Bertz CT molecular complexity index is 292. The molecule has 2 fully saturated rings. The van der Waals surface area contributed by atoms with Crippen LogP contribution in [0.2, 0.25) is 0 Å². The number of carbonyl (C=O) groups excluding carboxylic acids is 1. The Morgan fingerprint density at radius 3 is 2.67 bits per heavy atom. The number of amides is 1. The molecule has 0 aromatic rings. The van der Waals surface area contributed by atoms with Gasteiger partial charge in [-0.1, -0.05) is 20.3 Å². The fourth-order valence-corrected chi connectivity index (χ4v) is 3.60. The van der Waals surface area contributed by atoms with E-state index in [0.717, 1.165) is 25.3 Å². The number of nitrogens with one attached hydrogen (secondary N) is 1. The van der Waals surface area contributed by atoms with Crippen LogP contribution in [0.25, 0.3) is 0 Å². The van der Waals surface area contributed by atoms with E-state index in [1.165, 1.54) is 25.7 Å². The highest BCUT2D eigenvalue weighted by atomic mass is 16.2. The van der Waals surface area contributed by atoms with Gasteiger partial charge >= 0.3 is 0 Å². The summed E-state index contributed by atoms with van der Waals surface area (Å²) in [5.74, 6) is 1.10. The van der Waals surface area contributed by atoms with Gasteiger partial charge in [-0.25, -0.2) is 0 Å². The monoisotopic (exact) mass is 252 g/mol. The molecule has 4 unspecified atom stereocenters. The average molecular weight is 252 g/mol. The third kappa shape index (κ3) is 2.71. The van der Waals surface area contributed by atoms with Crippen LogP contribution >= 0.6 is 0 Å². The lowest BCUT2D eigenvalue weighted by Crippen LogP contribution is -2.53. The lowest BCUT2D eigenvalue weighted by atomic mass is 9.89. The fraction of sp³-hybridized carbons (Fsp3) is 0.933. The van der Waals surface area contributed by atoms with Crippen molar-refractivity contribution in [2.24, 2.45) is 5.92 Å². The minimum absolute atomic E-state index is 0.0818. The van der Waals surface area contributed by atoms with Gasteiger partial charge in [0.05, 0.1) is 6.04 Å². The van der Waals surface area contributed by atoms with Crippen molar-refractivity contribution in [1.82, 2.24) is 10.2 Å². The summed E-state index contributed by atoms with van der Waals surface area (Å²) in [7, 11) is 0. The standard InChI is InChI=1S/C15H28N2O/c1-4-12-8-9-16-14(10-12)15(18)17-11(3)6-7-13(17)5-2/h11-14,16H,4-10H2,1-3H3.